The van der Waals surface area contributed by atoms with Crippen LogP contribution < -0.4 is 5.32 Å². The molecule has 0 spiro atoms. The maximum atomic E-state index is 12.6. The van der Waals surface area contributed by atoms with Gasteiger partial charge in [-0.3, -0.25) is 19.3 Å². The van der Waals surface area contributed by atoms with E-state index in [1.807, 2.05) is 60.7 Å². The number of hydrogen-bond acceptors (Lipinski definition) is 4. The van der Waals surface area contributed by atoms with Crippen molar-refractivity contribution in [2.45, 2.75) is 25.8 Å². The van der Waals surface area contributed by atoms with Crippen molar-refractivity contribution in [3.63, 3.8) is 0 Å². The minimum Gasteiger partial charge on any atom is -0.347 e. The number of hydrogen-bond donors (Lipinski definition) is 1. The topological polar surface area (TPSA) is 86.8 Å². The van der Waals surface area contributed by atoms with Crippen molar-refractivity contribution in [1.29, 1.82) is 0 Å². The van der Waals surface area contributed by atoms with Gasteiger partial charge in [0.05, 0.1) is 6.04 Å². The molecule has 1 heterocycles. The van der Waals surface area contributed by atoms with Crippen LogP contribution in [0.1, 0.15) is 30.5 Å². The second kappa shape index (κ2) is 9.14. The van der Waals surface area contributed by atoms with Crippen LogP contribution in [0.25, 0.3) is 0 Å². The first kappa shape index (κ1) is 20.3. The molecule has 0 bridgehead atoms. The molecule has 1 aliphatic heterocycles. The van der Waals surface area contributed by atoms with E-state index in [1.54, 1.807) is 6.92 Å². The summed E-state index contributed by atoms with van der Waals surface area (Å²) in [7, 11) is 0. The predicted octanol–water partition coefficient (Wildman–Crippen LogP) is 2.29. The summed E-state index contributed by atoms with van der Waals surface area (Å²) in [6, 6.07) is 18.1. The molecule has 0 unspecified atom stereocenters. The lowest BCUT2D eigenvalue weighted by molar-refractivity contribution is -0.144. The fraction of sp³-hybridized carbons (Fsp3) is 0.273. The number of carbonyl (C=O) groups is 4. The van der Waals surface area contributed by atoms with Crippen LogP contribution in [-0.2, 0) is 20.8 Å². The van der Waals surface area contributed by atoms with Crippen molar-refractivity contribution in [2.75, 3.05) is 13.1 Å². The molecule has 2 aromatic carbocycles. The van der Waals surface area contributed by atoms with Gasteiger partial charge < -0.3 is 5.32 Å². The Bertz CT molecular complexity index is 899. The Kier molecular flexibility index (Phi) is 6.39. The molecular weight excluding hydrogens is 370 g/mol. The first-order valence-corrected chi connectivity index (χ1v) is 9.56. The van der Waals surface area contributed by atoms with Gasteiger partial charge in [0.15, 0.2) is 0 Å². The molecule has 1 N–H and O–H groups in total. The van der Waals surface area contributed by atoms with E-state index in [1.165, 1.54) is 0 Å². The summed E-state index contributed by atoms with van der Waals surface area (Å²) in [5, 5.41) is 2.90. The number of benzene rings is 2. The van der Waals surface area contributed by atoms with E-state index in [0.29, 0.717) is 17.7 Å². The van der Waals surface area contributed by atoms with Gasteiger partial charge in [-0.2, -0.15) is 0 Å². The molecule has 7 nitrogen and oxygen atoms in total. The number of urea groups is 1. The van der Waals surface area contributed by atoms with Crippen LogP contribution >= 0.6 is 0 Å². The standard InChI is InChI=1S/C22H23N3O4/c1-2-13-24-20(27)21(28)25(22(24)29)15-19(26)23-18(17-11-7-4-8-12-17)14-16-9-5-3-6-10-16/h3-12,18H,2,13-15H2,1H3,(H,23,26)/t18-/m1/s1. The van der Waals surface area contributed by atoms with Crippen LogP contribution in [0, 0.1) is 0 Å². The van der Waals surface area contributed by atoms with Crippen molar-refractivity contribution in [1.82, 2.24) is 15.1 Å². The minimum absolute atomic E-state index is 0.155. The van der Waals surface area contributed by atoms with E-state index in [0.717, 1.165) is 16.0 Å². The number of rotatable bonds is 8. The van der Waals surface area contributed by atoms with Gasteiger partial charge >= 0.3 is 17.8 Å². The molecule has 1 atom stereocenters. The minimum atomic E-state index is -0.960. The Morgan fingerprint density at radius 3 is 2.10 bits per heavy atom. The zero-order valence-electron chi connectivity index (χ0n) is 16.2. The average Bonchev–Trinajstić information content (AvgIpc) is 2.93. The van der Waals surface area contributed by atoms with Gasteiger partial charge in [-0.15, -0.1) is 0 Å². The van der Waals surface area contributed by atoms with E-state index in [2.05, 4.69) is 5.32 Å². The van der Waals surface area contributed by atoms with Gasteiger partial charge in [0.1, 0.15) is 6.54 Å². The predicted molar refractivity (Wildman–Crippen MR) is 107 cm³/mol. The van der Waals surface area contributed by atoms with Crippen LogP contribution in [0.4, 0.5) is 4.79 Å². The highest BCUT2D eigenvalue weighted by atomic mass is 16.2. The van der Waals surface area contributed by atoms with Gasteiger partial charge in [-0.05, 0) is 24.0 Å². The third kappa shape index (κ3) is 4.68. The van der Waals surface area contributed by atoms with Crippen molar-refractivity contribution in [2.24, 2.45) is 0 Å². The summed E-state index contributed by atoms with van der Waals surface area (Å²) in [4.78, 5) is 50.6. The molecule has 0 aromatic heterocycles. The highest BCUT2D eigenvalue weighted by Crippen LogP contribution is 2.19. The monoisotopic (exact) mass is 393 g/mol. The molecule has 3 rings (SSSR count). The van der Waals surface area contributed by atoms with Gasteiger partial charge in [-0.25, -0.2) is 9.69 Å². The van der Waals surface area contributed by atoms with Crippen LogP contribution in [0.3, 0.4) is 0 Å². The summed E-state index contributed by atoms with van der Waals surface area (Å²) in [5.74, 6) is -2.34. The second-order valence-corrected chi connectivity index (χ2v) is 6.85. The van der Waals surface area contributed by atoms with Crippen LogP contribution in [0.5, 0.6) is 0 Å². The largest absolute Gasteiger partial charge is 0.347 e. The molecule has 1 fully saturated rings. The molecule has 1 aliphatic rings. The van der Waals surface area contributed by atoms with E-state index >= 15 is 0 Å². The molecule has 2 aromatic rings. The SMILES string of the molecule is CCCN1C(=O)C(=O)N(CC(=O)N[C@H](Cc2ccccc2)c2ccccc2)C1=O. The zero-order valence-corrected chi connectivity index (χ0v) is 16.2. The first-order chi connectivity index (χ1) is 14.0. The lowest BCUT2D eigenvalue weighted by Gasteiger charge is -2.21. The number of nitrogens with zero attached hydrogens (tertiary/aromatic N) is 2. The molecule has 5 amide bonds. The maximum absolute atomic E-state index is 12.6. The number of nitrogens with one attached hydrogen (secondary N) is 1. The lowest BCUT2D eigenvalue weighted by Crippen LogP contribution is -2.43. The van der Waals surface area contributed by atoms with Crippen molar-refractivity contribution in [3.05, 3.63) is 71.8 Å². The first-order valence-electron chi connectivity index (χ1n) is 9.56. The van der Waals surface area contributed by atoms with E-state index in [9.17, 15) is 19.2 Å². The van der Waals surface area contributed by atoms with Crippen molar-refractivity contribution in [3.8, 4) is 0 Å². The van der Waals surface area contributed by atoms with Crippen molar-refractivity contribution < 1.29 is 19.2 Å². The molecule has 150 valence electrons. The fourth-order valence-electron chi connectivity index (χ4n) is 3.28. The molecule has 7 heteroatoms. The Balaban J connectivity index is 1.72. The number of imide groups is 2. The molecule has 1 saturated heterocycles. The lowest BCUT2D eigenvalue weighted by atomic mass is 9.99. The number of carbonyl (C=O) groups excluding carboxylic acids is 4. The van der Waals surface area contributed by atoms with Crippen molar-refractivity contribution >= 4 is 23.8 Å². The van der Waals surface area contributed by atoms with E-state index in [-0.39, 0.29) is 12.6 Å². The van der Waals surface area contributed by atoms with Crippen LogP contribution in [0.15, 0.2) is 60.7 Å². The van der Waals surface area contributed by atoms with Crippen LogP contribution in [-0.4, -0.2) is 46.6 Å². The molecule has 0 aliphatic carbocycles. The summed E-state index contributed by atoms with van der Waals surface area (Å²) in [5.41, 5.74) is 1.95. The maximum Gasteiger partial charge on any atom is 0.334 e. The summed E-state index contributed by atoms with van der Waals surface area (Å²) >= 11 is 0. The van der Waals surface area contributed by atoms with Gasteiger partial charge in [-0.1, -0.05) is 67.6 Å². The highest BCUT2D eigenvalue weighted by molar-refractivity contribution is 6.45. The van der Waals surface area contributed by atoms with Gasteiger partial charge in [0.25, 0.3) is 0 Å². The Morgan fingerprint density at radius 2 is 1.48 bits per heavy atom. The average molecular weight is 393 g/mol. The Hall–Kier alpha value is -3.48. The second-order valence-electron chi connectivity index (χ2n) is 6.85. The Morgan fingerprint density at radius 1 is 0.897 bits per heavy atom. The van der Waals surface area contributed by atoms with E-state index < -0.39 is 30.3 Å². The fourth-order valence-corrected chi connectivity index (χ4v) is 3.28. The molecule has 0 saturated carbocycles. The highest BCUT2D eigenvalue weighted by Gasteiger charge is 2.44. The quantitative estimate of drug-likeness (QED) is 0.551. The molecule has 29 heavy (non-hydrogen) atoms. The summed E-state index contributed by atoms with van der Waals surface area (Å²) in [6.45, 7) is 1.47. The zero-order chi connectivity index (χ0) is 20.8. The molecule has 0 radical (unpaired) electrons. The third-order valence-corrected chi connectivity index (χ3v) is 4.70. The Labute approximate surface area is 169 Å². The summed E-state index contributed by atoms with van der Waals surface area (Å²) < 4.78 is 0. The van der Waals surface area contributed by atoms with Crippen LogP contribution in [0.2, 0.25) is 0 Å². The number of amides is 5. The third-order valence-electron chi connectivity index (χ3n) is 4.70. The molecular formula is C22H23N3O4. The van der Waals surface area contributed by atoms with Gasteiger partial charge in [0.2, 0.25) is 5.91 Å². The summed E-state index contributed by atoms with van der Waals surface area (Å²) in [6.07, 6.45) is 1.09. The van der Waals surface area contributed by atoms with Gasteiger partial charge in [0, 0.05) is 6.54 Å². The van der Waals surface area contributed by atoms with E-state index in [4.69, 9.17) is 0 Å². The smallest absolute Gasteiger partial charge is 0.334 e. The normalized spacial score (nSPS) is 15.0.